The molecule has 0 bridgehead atoms. The number of carbonyl (C=O) groups is 1. The van der Waals surface area contributed by atoms with Crippen LogP contribution in [0.3, 0.4) is 0 Å². The van der Waals surface area contributed by atoms with E-state index in [-0.39, 0.29) is 11.5 Å². The van der Waals surface area contributed by atoms with Gasteiger partial charge in [0, 0.05) is 11.8 Å². The van der Waals surface area contributed by atoms with Gasteiger partial charge in [0.2, 0.25) is 6.29 Å². The average Bonchev–Trinajstić information content (AvgIpc) is 3.42. The Morgan fingerprint density at radius 1 is 1.24 bits per heavy atom. The van der Waals surface area contributed by atoms with Crippen LogP contribution in [-0.4, -0.2) is 46.8 Å². The summed E-state index contributed by atoms with van der Waals surface area (Å²) in [6.45, 7) is 3.10. The minimum atomic E-state index is -4.64. The summed E-state index contributed by atoms with van der Waals surface area (Å²) >= 11 is 0. The van der Waals surface area contributed by atoms with E-state index in [4.69, 9.17) is 9.53 Å². The van der Waals surface area contributed by atoms with Crippen molar-refractivity contribution in [3.8, 4) is 0 Å². The van der Waals surface area contributed by atoms with Gasteiger partial charge in [-0.3, -0.25) is 4.79 Å². The van der Waals surface area contributed by atoms with Gasteiger partial charge < -0.3 is 10.1 Å². The molecule has 1 aliphatic carbocycles. The molecule has 2 fully saturated rings. The molecule has 5 nitrogen and oxygen atoms in total. The predicted molar refractivity (Wildman–Crippen MR) is 98.5 cm³/mol. The lowest BCUT2D eigenvalue weighted by Gasteiger charge is -2.22. The highest BCUT2D eigenvalue weighted by molar-refractivity contribution is 7.90. The molecule has 29 heavy (non-hydrogen) atoms. The zero-order valence-electron chi connectivity index (χ0n) is 16.0. The van der Waals surface area contributed by atoms with Crippen molar-refractivity contribution in [2.45, 2.75) is 36.9 Å². The third-order valence-electron chi connectivity index (χ3n) is 5.14. The molecule has 1 saturated carbocycles. The summed E-state index contributed by atoms with van der Waals surface area (Å²) in [6.07, 6.45) is -0.898. The second kappa shape index (κ2) is 9.99. The van der Waals surface area contributed by atoms with Gasteiger partial charge in [-0.05, 0) is 62.2 Å². The molecular weight excluding hydrogens is 414 g/mol. The molecule has 0 radical (unpaired) electrons. The van der Waals surface area contributed by atoms with Gasteiger partial charge in [-0.1, -0.05) is 6.07 Å². The van der Waals surface area contributed by atoms with Gasteiger partial charge in [-0.15, -0.1) is 0 Å². The lowest BCUT2D eigenvalue weighted by Crippen LogP contribution is -2.29. The lowest BCUT2D eigenvalue weighted by atomic mass is 9.92. The molecule has 10 heteroatoms. The zero-order valence-corrected chi connectivity index (χ0v) is 16.9. The number of nitrogens with one attached hydrogen (secondary N) is 1. The average molecular weight is 439 g/mol. The van der Waals surface area contributed by atoms with Gasteiger partial charge in [0.25, 0.3) is 0 Å². The van der Waals surface area contributed by atoms with Gasteiger partial charge >= 0.3 is 6.18 Å². The van der Waals surface area contributed by atoms with E-state index in [0.29, 0.717) is 18.1 Å². The number of carbonyl (C=O) groups excluding carboxylic acids is 1. The molecule has 2 aliphatic rings. The molecule has 0 spiro atoms. The summed E-state index contributed by atoms with van der Waals surface area (Å²) in [7, 11) is -3.37. The molecule has 0 amide bonds. The fourth-order valence-corrected chi connectivity index (χ4v) is 4.14. The Balaban J connectivity index is 0.000000438. The van der Waals surface area contributed by atoms with Crippen molar-refractivity contribution in [2.24, 2.45) is 17.8 Å². The number of halogens is 4. The minimum absolute atomic E-state index is 0.00640. The van der Waals surface area contributed by atoms with Gasteiger partial charge in [0.15, 0.2) is 9.84 Å². The van der Waals surface area contributed by atoms with Gasteiger partial charge in [0.1, 0.15) is 5.82 Å². The molecule has 1 saturated heterocycles. The fraction of sp³-hybridized carbons (Fsp3) is 0.632. The summed E-state index contributed by atoms with van der Waals surface area (Å²) in [5.41, 5.74) is 0.413. The van der Waals surface area contributed by atoms with Crippen LogP contribution in [0.4, 0.5) is 17.6 Å². The Hall–Kier alpha value is -1.52. The first-order valence-electron chi connectivity index (χ1n) is 9.31. The van der Waals surface area contributed by atoms with Crippen LogP contribution in [0.15, 0.2) is 23.1 Å². The van der Waals surface area contributed by atoms with Crippen LogP contribution in [0.25, 0.3) is 0 Å². The number of hydrogen-bond donors (Lipinski definition) is 1. The maximum Gasteiger partial charge on any atom is 0.446 e. The smallest absolute Gasteiger partial charge is 0.376 e. The number of ether oxygens (including phenoxy) is 1. The number of piperidine rings is 1. The van der Waals surface area contributed by atoms with Crippen LogP contribution in [-0.2, 0) is 26.0 Å². The normalized spacial score (nSPS) is 22.5. The number of sulfone groups is 1. The number of benzene rings is 1. The molecule has 164 valence electrons. The predicted octanol–water partition coefficient (Wildman–Crippen LogP) is 3.13. The molecule has 1 heterocycles. The van der Waals surface area contributed by atoms with E-state index in [2.05, 4.69) is 5.32 Å². The largest absolute Gasteiger partial charge is 0.446 e. The van der Waals surface area contributed by atoms with E-state index in [1.807, 2.05) is 0 Å². The first-order valence-corrected chi connectivity index (χ1v) is 11.2. The van der Waals surface area contributed by atoms with Crippen molar-refractivity contribution in [1.29, 1.82) is 0 Å². The molecule has 1 aliphatic heterocycles. The van der Waals surface area contributed by atoms with E-state index in [9.17, 15) is 26.0 Å². The molecule has 0 unspecified atom stereocenters. The summed E-state index contributed by atoms with van der Waals surface area (Å²) in [4.78, 5) is 8.71. The number of rotatable bonds is 6. The molecule has 0 aromatic heterocycles. The van der Waals surface area contributed by atoms with E-state index >= 15 is 0 Å². The third kappa shape index (κ3) is 8.02. The topological polar surface area (TPSA) is 72.5 Å². The maximum atomic E-state index is 13.9. The van der Waals surface area contributed by atoms with E-state index in [1.165, 1.54) is 31.4 Å². The Morgan fingerprint density at radius 2 is 1.86 bits per heavy atom. The summed E-state index contributed by atoms with van der Waals surface area (Å²) in [5, 5.41) is 3.38. The van der Waals surface area contributed by atoms with Crippen molar-refractivity contribution in [3.63, 3.8) is 0 Å². The van der Waals surface area contributed by atoms with Crippen LogP contribution in [0.2, 0.25) is 0 Å². The third-order valence-corrected chi connectivity index (χ3v) is 6.25. The highest BCUT2D eigenvalue weighted by Gasteiger charge is 2.42. The highest BCUT2D eigenvalue weighted by atomic mass is 32.2. The number of hydrogen-bond acceptors (Lipinski definition) is 5. The van der Waals surface area contributed by atoms with Crippen LogP contribution >= 0.6 is 0 Å². The molecule has 1 N–H and O–H groups in total. The van der Waals surface area contributed by atoms with E-state index in [1.54, 1.807) is 0 Å². The van der Waals surface area contributed by atoms with Crippen molar-refractivity contribution < 1.29 is 35.5 Å². The summed E-state index contributed by atoms with van der Waals surface area (Å²) in [6, 6.07) is 4.01. The number of aldehydes is 1. The Morgan fingerprint density at radius 3 is 2.38 bits per heavy atom. The summed E-state index contributed by atoms with van der Waals surface area (Å²) < 4.78 is 73.6. The van der Waals surface area contributed by atoms with Crippen molar-refractivity contribution in [1.82, 2.24) is 5.32 Å². The standard InChI is InChI=1S/C17H24FNO3S.C2HF3O/c1-23(20,21)15-3-2-13(17(18)9-15)10-22-11-14-8-16(14)12-4-6-19-7-5-12;3-2(4,5)1-6/h2-3,9,12,14,16,19H,4-8,10-11H2,1H3;1H/t14-,16+;/m0./s1. The van der Waals surface area contributed by atoms with Gasteiger partial charge in [-0.2, -0.15) is 13.2 Å². The SMILES string of the molecule is CS(=O)(=O)c1ccc(COC[C@@H]2C[C@@H]2C2CCNCC2)c(F)c1.O=CC(F)(F)F. The quantitative estimate of drug-likeness (QED) is 0.545. The second-order valence-electron chi connectivity index (χ2n) is 7.45. The van der Waals surface area contributed by atoms with Gasteiger partial charge in [-0.25, -0.2) is 12.8 Å². The lowest BCUT2D eigenvalue weighted by molar-refractivity contribution is -0.156. The highest BCUT2D eigenvalue weighted by Crippen LogP contribution is 2.47. The van der Waals surface area contributed by atoms with Crippen molar-refractivity contribution in [2.75, 3.05) is 26.0 Å². The van der Waals surface area contributed by atoms with Crippen LogP contribution < -0.4 is 5.32 Å². The van der Waals surface area contributed by atoms with Crippen LogP contribution in [0.1, 0.15) is 24.8 Å². The Bertz CT molecular complexity index is 792. The molecular formula is C19H25F4NO4S. The fourth-order valence-electron chi connectivity index (χ4n) is 3.51. The van der Waals surface area contributed by atoms with Crippen molar-refractivity contribution >= 4 is 16.1 Å². The molecule has 2 atom stereocenters. The van der Waals surface area contributed by atoms with E-state index in [0.717, 1.165) is 37.2 Å². The summed E-state index contributed by atoms with van der Waals surface area (Å²) in [5.74, 6) is 1.68. The van der Waals surface area contributed by atoms with E-state index < -0.39 is 28.1 Å². The number of alkyl halides is 3. The van der Waals surface area contributed by atoms with Crippen molar-refractivity contribution in [3.05, 3.63) is 29.6 Å². The molecule has 3 rings (SSSR count). The maximum absolute atomic E-state index is 13.9. The first-order chi connectivity index (χ1) is 13.5. The monoisotopic (exact) mass is 439 g/mol. The second-order valence-corrected chi connectivity index (χ2v) is 9.46. The zero-order chi connectivity index (χ0) is 21.7. The van der Waals surface area contributed by atoms with Crippen LogP contribution in [0.5, 0.6) is 0 Å². The Labute approximate surface area is 167 Å². The molecule has 1 aromatic carbocycles. The minimum Gasteiger partial charge on any atom is -0.376 e. The van der Waals surface area contributed by atoms with Crippen LogP contribution in [0, 0.1) is 23.6 Å². The molecule has 1 aromatic rings. The van der Waals surface area contributed by atoms with Gasteiger partial charge in [0.05, 0.1) is 18.1 Å². The Kier molecular flexibility index (Phi) is 8.18. The first kappa shape index (κ1) is 23.8.